The third-order valence-electron chi connectivity index (χ3n) is 2.76. The number of methoxy groups -OCH3 is 1. The molecule has 0 atom stereocenters. The zero-order chi connectivity index (χ0) is 14.2. The second-order valence-corrected chi connectivity index (χ2v) is 5.41. The van der Waals surface area contributed by atoms with Gasteiger partial charge in [0.2, 0.25) is 0 Å². The molecule has 0 radical (unpaired) electrons. The maximum absolute atomic E-state index is 11.2. The zero-order valence-corrected chi connectivity index (χ0v) is 12.0. The normalized spacial score (nSPS) is 11.7. The van der Waals surface area contributed by atoms with Crippen LogP contribution < -0.4 is 0 Å². The lowest BCUT2D eigenvalue weighted by molar-refractivity contribution is -0.135. The van der Waals surface area contributed by atoms with Gasteiger partial charge in [-0.2, -0.15) is 5.26 Å². The maximum atomic E-state index is 11.2. The molecule has 0 amide bonds. The highest BCUT2D eigenvalue weighted by atomic mass is 16.5. The van der Waals surface area contributed by atoms with Crippen LogP contribution in [0.5, 0.6) is 0 Å². The highest BCUT2D eigenvalue weighted by Gasteiger charge is 2.17. The van der Waals surface area contributed by atoms with E-state index in [0.717, 1.165) is 12.8 Å². The van der Waals surface area contributed by atoms with Gasteiger partial charge in [-0.15, -0.1) is 0 Å². The highest BCUT2D eigenvalue weighted by molar-refractivity contribution is 5.92. The van der Waals surface area contributed by atoms with Gasteiger partial charge in [-0.1, -0.05) is 31.6 Å². The molecule has 0 rings (SSSR count). The Labute approximate surface area is 110 Å². The third-order valence-corrected chi connectivity index (χ3v) is 2.76. The number of rotatable bonds is 6. The summed E-state index contributed by atoms with van der Waals surface area (Å²) in [6, 6.07) is 1.87. The van der Waals surface area contributed by atoms with Crippen LogP contribution in [0.3, 0.4) is 0 Å². The molecule has 3 nitrogen and oxygen atoms in total. The molecule has 0 spiro atoms. The van der Waals surface area contributed by atoms with Crippen molar-refractivity contribution in [2.75, 3.05) is 7.11 Å². The van der Waals surface area contributed by atoms with Crippen molar-refractivity contribution in [2.45, 2.75) is 47.0 Å². The number of nitriles is 1. The molecule has 0 saturated carbocycles. The molecule has 0 unspecified atom stereocenters. The van der Waals surface area contributed by atoms with E-state index >= 15 is 0 Å². The van der Waals surface area contributed by atoms with Gasteiger partial charge in [-0.3, -0.25) is 0 Å². The van der Waals surface area contributed by atoms with E-state index in [1.54, 1.807) is 6.08 Å². The summed E-state index contributed by atoms with van der Waals surface area (Å²) in [6.07, 6.45) is 6.62. The Kier molecular flexibility index (Phi) is 7.04. The zero-order valence-electron chi connectivity index (χ0n) is 12.0. The molecular formula is C15H23NO2. The van der Waals surface area contributed by atoms with E-state index in [0.29, 0.717) is 6.42 Å². The van der Waals surface area contributed by atoms with E-state index in [2.05, 4.69) is 38.5 Å². The van der Waals surface area contributed by atoms with E-state index in [1.807, 2.05) is 6.07 Å². The number of hydrogen-bond acceptors (Lipinski definition) is 3. The topological polar surface area (TPSA) is 50.1 Å². The lowest BCUT2D eigenvalue weighted by Gasteiger charge is -2.22. The first kappa shape index (κ1) is 16.4. The summed E-state index contributed by atoms with van der Waals surface area (Å²) in [4.78, 5) is 11.2. The van der Waals surface area contributed by atoms with Crippen molar-refractivity contribution in [3.63, 3.8) is 0 Å². The number of ether oxygens (including phenoxy) is 1. The van der Waals surface area contributed by atoms with E-state index in [9.17, 15) is 4.79 Å². The maximum Gasteiger partial charge on any atom is 0.348 e. The van der Waals surface area contributed by atoms with Gasteiger partial charge in [-0.25, -0.2) is 4.79 Å². The predicted molar refractivity (Wildman–Crippen MR) is 72.8 cm³/mol. The Balaban J connectivity index is 4.49. The van der Waals surface area contributed by atoms with Gasteiger partial charge in [0.1, 0.15) is 11.6 Å². The van der Waals surface area contributed by atoms with Crippen LogP contribution in [0, 0.1) is 16.7 Å². The molecule has 0 aromatic rings. The van der Waals surface area contributed by atoms with E-state index in [-0.39, 0.29) is 11.0 Å². The molecular weight excluding hydrogens is 226 g/mol. The van der Waals surface area contributed by atoms with Gasteiger partial charge < -0.3 is 4.74 Å². The summed E-state index contributed by atoms with van der Waals surface area (Å²) < 4.78 is 4.54. The number of esters is 1. The Bertz CT molecular complexity index is 380. The monoisotopic (exact) mass is 249 g/mol. The molecule has 0 heterocycles. The smallest absolute Gasteiger partial charge is 0.348 e. The lowest BCUT2D eigenvalue weighted by atomic mass is 9.83. The van der Waals surface area contributed by atoms with Crippen LogP contribution in [0.15, 0.2) is 23.3 Å². The van der Waals surface area contributed by atoms with Crippen LogP contribution in [0.2, 0.25) is 0 Å². The number of allylic oxidation sites excluding steroid dienone is 3. The summed E-state index contributed by atoms with van der Waals surface area (Å²) in [6.45, 7) is 8.43. The largest absolute Gasteiger partial charge is 0.465 e. The molecule has 0 fully saturated rings. The predicted octanol–water partition coefficient (Wildman–Crippen LogP) is 3.77. The minimum atomic E-state index is -0.558. The molecule has 0 N–H and O–H groups in total. The van der Waals surface area contributed by atoms with Crippen LogP contribution in [-0.4, -0.2) is 13.1 Å². The molecule has 100 valence electrons. The van der Waals surface area contributed by atoms with Crippen molar-refractivity contribution in [1.29, 1.82) is 5.26 Å². The summed E-state index contributed by atoms with van der Waals surface area (Å²) in [7, 11) is 1.29. The van der Waals surface area contributed by atoms with Gasteiger partial charge in [0.15, 0.2) is 0 Å². The van der Waals surface area contributed by atoms with Gasteiger partial charge in [0.25, 0.3) is 0 Å². The van der Waals surface area contributed by atoms with Crippen molar-refractivity contribution in [1.82, 2.24) is 0 Å². The molecule has 0 aromatic heterocycles. The van der Waals surface area contributed by atoms with Crippen molar-refractivity contribution < 1.29 is 9.53 Å². The number of carbonyl (C=O) groups excluding carboxylic acids is 1. The van der Waals surface area contributed by atoms with Gasteiger partial charge >= 0.3 is 5.97 Å². The van der Waals surface area contributed by atoms with Gasteiger partial charge in [-0.05, 0) is 38.5 Å². The molecule has 0 aliphatic heterocycles. The summed E-state index contributed by atoms with van der Waals surface area (Å²) in [5.74, 6) is -0.558. The van der Waals surface area contributed by atoms with Crippen LogP contribution in [0.4, 0.5) is 0 Å². The second kappa shape index (κ2) is 7.71. The molecule has 3 heteroatoms. The SMILES string of the molecule is COC(=O)/C(C#N)=C/CC(C)(C)CCC=C(C)C. The van der Waals surface area contributed by atoms with Crippen molar-refractivity contribution in [2.24, 2.45) is 5.41 Å². The number of hydrogen-bond donors (Lipinski definition) is 0. The van der Waals surface area contributed by atoms with Crippen LogP contribution in [0.25, 0.3) is 0 Å². The van der Waals surface area contributed by atoms with Crippen molar-refractivity contribution in [3.05, 3.63) is 23.3 Å². The molecule has 0 bridgehead atoms. The van der Waals surface area contributed by atoms with Gasteiger partial charge in [0.05, 0.1) is 7.11 Å². The quantitative estimate of drug-likeness (QED) is 0.311. The number of nitrogens with zero attached hydrogens (tertiary/aromatic N) is 1. The minimum Gasteiger partial charge on any atom is -0.465 e. The Morgan fingerprint density at radius 3 is 2.39 bits per heavy atom. The first-order chi connectivity index (χ1) is 8.32. The fourth-order valence-corrected chi connectivity index (χ4v) is 1.52. The molecule has 18 heavy (non-hydrogen) atoms. The van der Waals surface area contributed by atoms with Crippen LogP contribution >= 0.6 is 0 Å². The molecule has 0 aliphatic rings. The van der Waals surface area contributed by atoms with E-state index in [4.69, 9.17) is 5.26 Å². The fourth-order valence-electron chi connectivity index (χ4n) is 1.52. The van der Waals surface area contributed by atoms with Crippen molar-refractivity contribution >= 4 is 5.97 Å². The standard InChI is InChI=1S/C15H23NO2/c1-12(2)7-6-9-15(3,4)10-8-13(11-16)14(17)18-5/h7-8H,6,9-10H2,1-5H3/b13-8+. The summed E-state index contributed by atoms with van der Waals surface area (Å²) in [5.41, 5.74) is 1.48. The average Bonchev–Trinajstić information content (AvgIpc) is 2.28. The van der Waals surface area contributed by atoms with E-state index in [1.165, 1.54) is 12.7 Å². The van der Waals surface area contributed by atoms with Crippen LogP contribution in [-0.2, 0) is 9.53 Å². The molecule has 0 saturated heterocycles. The van der Waals surface area contributed by atoms with Crippen molar-refractivity contribution in [3.8, 4) is 6.07 Å². The second-order valence-electron chi connectivity index (χ2n) is 5.41. The molecule has 0 aromatic carbocycles. The van der Waals surface area contributed by atoms with Crippen LogP contribution in [0.1, 0.15) is 47.0 Å². The molecule has 0 aliphatic carbocycles. The van der Waals surface area contributed by atoms with E-state index < -0.39 is 5.97 Å². The fraction of sp³-hybridized carbons (Fsp3) is 0.600. The Morgan fingerprint density at radius 1 is 1.33 bits per heavy atom. The Morgan fingerprint density at radius 2 is 1.94 bits per heavy atom. The first-order valence-corrected chi connectivity index (χ1v) is 6.14. The lowest BCUT2D eigenvalue weighted by Crippen LogP contribution is -2.11. The minimum absolute atomic E-state index is 0.0715. The first-order valence-electron chi connectivity index (χ1n) is 6.14. The number of carbonyl (C=O) groups is 1. The summed E-state index contributed by atoms with van der Waals surface area (Å²) >= 11 is 0. The summed E-state index contributed by atoms with van der Waals surface area (Å²) in [5, 5.41) is 8.84. The average molecular weight is 249 g/mol. The third kappa shape index (κ3) is 6.90. The Hall–Kier alpha value is -1.56. The van der Waals surface area contributed by atoms with Gasteiger partial charge in [0, 0.05) is 0 Å². The highest BCUT2D eigenvalue weighted by Crippen LogP contribution is 2.28.